The van der Waals surface area contributed by atoms with Gasteiger partial charge in [-0.05, 0) is 205 Å². The number of para-hydroxylation sites is 3. The Hall–Kier alpha value is -14.3. The van der Waals surface area contributed by atoms with Crippen LogP contribution in [0.2, 0.25) is 0 Å². The van der Waals surface area contributed by atoms with Crippen LogP contribution in [0.4, 0.5) is 34.1 Å². The molecule has 4 nitrogen and oxygen atoms in total. The Labute approximate surface area is 634 Å². The van der Waals surface area contributed by atoms with Crippen molar-refractivity contribution < 1.29 is 19.8 Å². The molecule has 2 heterocycles. The van der Waals surface area contributed by atoms with Gasteiger partial charge in [-0.3, -0.25) is 0 Å². The number of furan rings is 2. The Morgan fingerprint density at radius 1 is 0.194 bits per heavy atom. The smallest absolute Gasteiger partial charge is 0.143 e. The molecular weight excluding hydrogens is 1310 g/mol. The summed E-state index contributed by atoms with van der Waals surface area (Å²) in [5, 5.41) is 20.2. The van der Waals surface area contributed by atoms with E-state index in [2.05, 4.69) is 127 Å². The molecule has 0 atom stereocenters. The van der Waals surface area contributed by atoms with Gasteiger partial charge in [-0.15, -0.1) is 0 Å². The van der Waals surface area contributed by atoms with Gasteiger partial charge in [0.25, 0.3) is 0 Å². The third-order valence-electron chi connectivity index (χ3n) is 21.4. The minimum absolute atomic E-state index is 0.0957. The molecule has 0 bridgehead atoms. The lowest BCUT2D eigenvalue weighted by atomic mass is 9.93. The molecule has 108 heavy (non-hydrogen) atoms. The Morgan fingerprint density at radius 2 is 0.519 bits per heavy atom. The number of anilines is 6. The molecular formula is C104H66N2O2. The largest absolute Gasteiger partial charge is 0.456 e. The first-order chi connectivity index (χ1) is 56.9. The van der Waals surface area contributed by atoms with Crippen molar-refractivity contribution in [3.05, 3.63) is 400 Å². The summed E-state index contributed by atoms with van der Waals surface area (Å²) in [4.78, 5) is 3.82. The Morgan fingerprint density at radius 3 is 0.981 bits per heavy atom. The highest BCUT2D eigenvalue weighted by Gasteiger charge is 2.23. The van der Waals surface area contributed by atoms with Gasteiger partial charge in [-0.25, -0.2) is 0 Å². The first-order valence-electron chi connectivity index (χ1n) is 40.4. The average Bonchev–Trinajstić information content (AvgIpc) is 1.13. The van der Waals surface area contributed by atoms with Crippen LogP contribution in [0.15, 0.2) is 409 Å². The third-order valence-corrected chi connectivity index (χ3v) is 21.4. The van der Waals surface area contributed by atoms with Crippen molar-refractivity contribution in [2.45, 2.75) is 0 Å². The molecule has 0 aliphatic heterocycles. The molecule has 0 spiro atoms. The maximum absolute atomic E-state index is 9.78. The fraction of sp³-hybridized carbons (Fsp3) is 0. The van der Waals surface area contributed by atoms with E-state index in [-0.39, 0.29) is 70.8 Å². The zero-order chi connectivity index (χ0) is 78.1. The highest BCUT2D eigenvalue weighted by atomic mass is 16.3. The lowest BCUT2D eigenvalue weighted by Crippen LogP contribution is -2.10. The van der Waals surface area contributed by atoms with Crippen LogP contribution in [0, 0.1) is 0 Å². The molecule has 0 radical (unpaired) electrons. The summed E-state index contributed by atoms with van der Waals surface area (Å²) in [7, 11) is 0. The normalized spacial score (nSPS) is 12.7. The predicted molar refractivity (Wildman–Crippen MR) is 459 cm³/mol. The molecule has 0 N–H and O–H groups in total. The van der Waals surface area contributed by atoms with Gasteiger partial charge < -0.3 is 18.6 Å². The molecule has 0 saturated carbocycles. The molecule has 22 rings (SSSR count). The van der Waals surface area contributed by atoms with Crippen LogP contribution in [0.5, 0.6) is 0 Å². The van der Waals surface area contributed by atoms with Crippen molar-refractivity contribution in [1.29, 1.82) is 0 Å². The second-order valence-corrected chi connectivity index (χ2v) is 27.5. The maximum Gasteiger partial charge on any atom is 0.143 e. The second-order valence-electron chi connectivity index (χ2n) is 27.5. The van der Waals surface area contributed by atoms with E-state index in [1.54, 1.807) is 0 Å². The number of hydrogen-bond acceptors (Lipinski definition) is 4. The van der Waals surface area contributed by atoms with Crippen LogP contribution in [0.25, 0.3) is 175 Å². The van der Waals surface area contributed by atoms with E-state index in [0.717, 1.165) is 164 Å². The molecule has 4 heteroatoms. The first kappa shape index (κ1) is 54.3. The van der Waals surface area contributed by atoms with Crippen LogP contribution in [-0.4, -0.2) is 0 Å². The molecule has 0 unspecified atom stereocenters. The summed E-state index contributed by atoms with van der Waals surface area (Å²) in [6, 6.07) is 117. The van der Waals surface area contributed by atoms with Gasteiger partial charge in [0.05, 0.1) is 22.3 Å². The van der Waals surface area contributed by atoms with Crippen molar-refractivity contribution in [3.8, 4) is 44.5 Å². The van der Waals surface area contributed by atoms with Gasteiger partial charge in [-0.1, -0.05) is 309 Å². The Bertz CT molecular complexity index is 7780. The molecule has 0 fully saturated rings. The van der Waals surface area contributed by atoms with Crippen molar-refractivity contribution >= 4 is 164 Å². The van der Waals surface area contributed by atoms with Gasteiger partial charge in [0.1, 0.15) is 22.3 Å². The lowest BCUT2D eigenvalue weighted by Gasteiger charge is -2.28. The third kappa shape index (κ3) is 10.5. The molecule has 20 aromatic carbocycles. The van der Waals surface area contributed by atoms with Crippen LogP contribution in [0.3, 0.4) is 0 Å². The number of nitrogens with zero attached hydrogens (tertiary/aromatic N) is 2. The minimum atomic E-state index is -0.124. The van der Waals surface area contributed by atoms with Crippen LogP contribution in [0.1, 0.15) is 11.0 Å². The second kappa shape index (κ2) is 25.8. The van der Waals surface area contributed by atoms with E-state index in [1.165, 1.54) is 0 Å². The van der Waals surface area contributed by atoms with Gasteiger partial charge in [0.15, 0.2) is 0 Å². The molecule has 0 aliphatic rings. The highest BCUT2D eigenvalue weighted by molar-refractivity contribution is 6.19. The van der Waals surface area contributed by atoms with Crippen molar-refractivity contribution in [2.75, 3.05) is 9.80 Å². The summed E-state index contributed by atoms with van der Waals surface area (Å²) in [5.74, 6) is 0. The van der Waals surface area contributed by atoms with E-state index >= 15 is 0 Å². The van der Waals surface area contributed by atoms with Crippen LogP contribution < -0.4 is 9.80 Å². The van der Waals surface area contributed by atoms with Crippen LogP contribution >= 0.6 is 0 Å². The zero-order valence-corrected chi connectivity index (χ0v) is 58.2. The zero-order valence-electron chi connectivity index (χ0n) is 66.2. The highest BCUT2D eigenvalue weighted by Crippen LogP contribution is 2.48. The summed E-state index contributed by atoms with van der Waals surface area (Å²) in [5.41, 5.74) is 12.4. The molecule has 0 aliphatic carbocycles. The van der Waals surface area contributed by atoms with Crippen molar-refractivity contribution in [3.63, 3.8) is 0 Å². The van der Waals surface area contributed by atoms with E-state index in [9.17, 15) is 11.0 Å². The lowest BCUT2D eigenvalue weighted by molar-refractivity contribution is 0.669. The number of hydrogen-bond donors (Lipinski definition) is 0. The van der Waals surface area contributed by atoms with E-state index in [0.29, 0.717) is 22.5 Å². The predicted octanol–water partition coefficient (Wildman–Crippen LogP) is 30.0. The molecule has 504 valence electrons. The quantitative estimate of drug-likeness (QED) is 0.128. The van der Waals surface area contributed by atoms with E-state index in [1.807, 2.05) is 234 Å². The number of benzene rings is 20. The standard InChI is InChI=1S/2C52H33NO/c1-3-14-40-36(12-1)32-49(45-18-6-5-16-43(40)45)35-26-30-39(31-27-35)53(50-33-37-13-2-4-15-41(37)44-17-7-8-19-46(44)50)38-28-24-34(25-29-38)42-21-11-22-48-47-20-9-10-23-51(47)54-52(42)48;1-3-14-40-36(12-1)32-48(45-18-6-5-16-43(40)45)35-26-30-39(31-27-35)53(49-33-37-13-2-4-15-41(37)44-17-7-8-19-46(44)49)38-28-24-34(25-29-38)42-21-11-23-51-52(42)47-20-9-10-22-50(47)54-51/h2*1-33H/i2*26D,27D,30D,31D. The van der Waals surface area contributed by atoms with Gasteiger partial charge in [-0.2, -0.15) is 0 Å². The summed E-state index contributed by atoms with van der Waals surface area (Å²) in [6.07, 6.45) is 0. The van der Waals surface area contributed by atoms with Gasteiger partial charge in [0, 0.05) is 60.6 Å². The van der Waals surface area contributed by atoms with E-state index in [4.69, 9.17) is 8.83 Å². The fourth-order valence-corrected chi connectivity index (χ4v) is 16.4. The Kier molecular flexibility index (Phi) is 13.0. The first-order valence-corrected chi connectivity index (χ1v) is 36.4. The SMILES string of the molecule is [2H]c1c([2H])c(N(c2ccc(-c3cccc4c3oc3ccccc34)cc2)c2cc3ccccc3c3ccccc23)c([2H])c([2H])c1-c1cc2ccccc2c2ccccc12.[2H]c1c([2H])c(N(c2ccc(-c3cccc4oc5ccccc5c34)cc2)c2cc3ccccc3c3ccccc23)c([2H])c([2H])c1-c1cc2ccccc2c2ccccc12. The fourth-order valence-electron chi connectivity index (χ4n) is 16.4. The Balaban J connectivity index is 0.000000145. The van der Waals surface area contributed by atoms with E-state index < -0.39 is 0 Å². The minimum Gasteiger partial charge on any atom is -0.456 e. The summed E-state index contributed by atoms with van der Waals surface area (Å²) < 4.78 is 90.3. The maximum atomic E-state index is 9.78. The molecule has 2 aromatic heterocycles. The topological polar surface area (TPSA) is 32.8 Å². The van der Waals surface area contributed by atoms with Crippen LogP contribution in [-0.2, 0) is 0 Å². The van der Waals surface area contributed by atoms with Gasteiger partial charge in [0.2, 0.25) is 0 Å². The number of fused-ring (bicyclic) bond motifs is 18. The van der Waals surface area contributed by atoms with Crippen molar-refractivity contribution in [1.82, 2.24) is 0 Å². The summed E-state index contributed by atoms with van der Waals surface area (Å²) >= 11 is 0. The monoisotopic (exact) mass is 1380 g/mol. The van der Waals surface area contributed by atoms with Gasteiger partial charge >= 0.3 is 0 Å². The summed E-state index contributed by atoms with van der Waals surface area (Å²) in [6.45, 7) is 0. The molecule has 0 saturated heterocycles. The van der Waals surface area contributed by atoms with Crippen molar-refractivity contribution in [2.24, 2.45) is 0 Å². The number of rotatable bonds is 10. The molecule has 0 amide bonds. The average molecular weight is 1380 g/mol. The molecule has 22 aromatic rings.